The van der Waals surface area contributed by atoms with Crippen molar-refractivity contribution in [3.8, 4) is 0 Å². The third kappa shape index (κ3) is 2.07. The van der Waals surface area contributed by atoms with Gasteiger partial charge in [-0.05, 0) is 38.5 Å². The first-order valence-electron chi connectivity index (χ1n) is 8.00. The molecule has 2 rings (SSSR count). The maximum atomic E-state index is 12.8. The van der Waals surface area contributed by atoms with E-state index in [0.717, 1.165) is 5.57 Å². The Morgan fingerprint density at radius 3 is 2.45 bits per heavy atom. The Balaban J connectivity index is 2.56. The van der Waals surface area contributed by atoms with E-state index in [1.807, 2.05) is 20.8 Å². The largest absolute Gasteiger partial charge is 0.465 e. The Hall–Kier alpha value is -1.45. The lowest BCUT2D eigenvalue weighted by Gasteiger charge is -2.54. The van der Waals surface area contributed by atoms with E-state index in [4.69, 9.17) is 4.74 Å². The van der Waals surface area contributed by atoms with Gasteiger partial charge in [-0.15, -0.1) is 0 Å². The van der Waals surface area contributed by atoms with Crippen LogP contribution in [0.25, 0.3) is 0 Å². The number of ketones is 2. The molecule has 0 saturated heterocycles. The smallest absolute Gasteiger partial charge is 0.320 e. The predicted octanol–water partition coefficient (Wildman–Crippen LogP) is 2.95. The number of esters is 1. The Morgan fingerprint density at radius 1 is 1.36 bits per heavy atom. The van der Waals surface area contributed by atoms with E-state index in [1.165, 1.54) is 6.92 Å². The van der Waals surface area contributed by atoms with Crippen LogP contribution in [0.15, 0.2) is 12.2 Å². The van der Waals surface area contributed by atoms with Gasteiger partial charge in [0.05, 0.1) is 6.61 Å². The lowest BCUT2D eigenvalue weighted by molar-refractivity contribution is -0.173. The average molecular weight is 306 g/mol. The summed E-state index contributed by atoms with van der Waals surface area (Å²) in [6.45, 7) is 13.2. The molecule has 22 heavy (non-hydrogen) atoms. The van der Waals surface area contributed by atoms with E-state index in [1.54, 1.807) is 6.92 Å². The van der Waals surface area contributed by atoms with E-state index in [9.17, 15) is 14.4 Å². The van der Waals surface area contributed by atoms with E-state index in [2.05, 4.69) is 6.58 Å². The van der Waals surface area contributed by atoms with Crippen molar-refractivity contribution in [2.75, 3.05) is 6.61 Å². The minimum Gasteiger partial charge on any atom is -0.465 e. The summed E-state index contributed by atoms with van der Waals surface area (Å²) in [5, 5.41) is 0. The van der Waals surface area contributed by atoms with Crippen molar-refractivity contribution in [1.82, 2.24) is 0 Å². The highest BCUT2D eigenvalue weighted by Crippen LogP contribution is 2.59. The molecule has 0 N–H and O–H groups in total. The van der Waals surface area contributed by atoms with Crippen LogP contribution in [0.2, 0.25) is 0 Å². The molecule has 2 bridgehead atoms. The molecule has 4 heteroatoms. The van der Waals surface area contributed by atoms with Crippen LogP contribution in [-0.4, -0.2) is 24.1 Å². The first-order valence-corrected chi connectivity index (χ1v) is 8.00. The van der Waals surface area contributed by atoms with Gasteiger partial charge >= 0.3 is 5.97 Å². The highest BCUT2D eigenvalue weighted by molar-refractivity contribution is 6.05. The Kier molecular flexibility index (Phi) is 4.09. The topological polar surface area (TPSA) is 60.4 Å². The van der Waals surface area contributed by atoms with Gasteiger partial charge in [0, 0.05) is 11.3 Å². The molecule has 4 nitrogen and oxygen atoms in total. The number of ether oxygens (including phenoxy) is 1. The third-order valence-electron chi connectivity index (χ3n) is 5.91. The average Bonchev–Trinajstić information content (AvgIpc) is 2.43. The predicted molar refractivity (Wildman–Crippen MR) is 83.1 cm³/mol. The lowest BCUT2D eigenvalue weighted by Crippen LogP contribution is -2.59. The summed E-state index contributed by atoms with van der Waals surface area (Å²) >= 11 is 0. The van der Waals surface area contributed by atoms with Gasteiger partial charge in [0.25, 0.3) is 0 Å². The molecule has 2 aliphatic rings. The molecule has 0 aliphatic heterocycles. The number of carbonyl (C=O) groups is 3. The summed E-state index contributed by atoms with van der Waals surface area (Å²) in [5.74, 6) is -1.18. The molecule has 0 aromatic carbocycles. The number of Topliss-reactive ketones (excluding diaryl/α,β-unsaturated/α-hetero) is 2. The number of hydrogen-bond donors (Lipinski definition) is 0. The van der Waals surface area contributed by atoms with Gasteiger partial charge in [-0.2, -0.15) is 0 Å². The van der Waals surface area contributed by atoms with Crippen LogP contribution in [-0.2, 0) is 19.1 Å². The van der Waals surface area contributed by atoms with Crippen molar-refractivity contribution in [2.45, 2.75) is 47.5 Å². The van der Waals surface area contributed by atoms with Crippen molar-refractivity contribution in [3.63, 3.8) is 0 Å². The van der Waals surface area contributed by atoms with Crippen LogP contribution in [0.4, 0.5) is 0 Å². The van der Waals surface area contributed by atoms with Gasteiger partial charge in [-0.25, -0.2) is 0 Å². The van der Waals surface area contributed by atoms with Crippen LogP contribution < -0.4 is 0 Å². The Morgan fingerprint density at radius 2 is 1.95 bits per heavy atom. The van der Waals surface area contributed by atoms with E-state index < -0.39 is 16.8 Å². The summed E-state index contributed by atoms with van der Waals surface area (Å²) in [7, 11) is 0. The second-order valence-electron chi connectivity index (χ2n) is 7.35. The first-order chi connectivity index (χ1) is 10.1. The molecule has 0 heterocycles. The van der Waals surface area contributed by atoms with Gasteiger partial charge in [-0.1, -0.05) is 32.9 Å². The summed E-state index contributed by atoms with van der Waals surface area (Å²) in [6.07, 6.45) is 0.953. The molecule has 0 aromatic rings. The van der Waals surface area contributed by atoms with Crippen molar-refractivity contribution >= 4 is 17.5 Å². The monoisotopic (exact) mass is 306 g/mol. The fourth-order valence-electron chi connectivity index (χ4n) is 4.62. The molecule has 0 spiro atoms. The fraction of sp³-hybridized carbons (Fsp3) is 0.722. The van der Waals surface area contributed by atoms with Gasteiger partial charge in [-0.3, -0.25) is 14.4 Å². The standard InChI is InChI=1S/C18H26O4/c1-7-22-16(21)18(12(4)19)9-10(2)13-8-14(18)11(3)15(20)17(13,5)6/h11,13-14H,2,7-9H2,1,3-6H3/t11-,13-,14-,18-/m0/s1. The Labute approximate surface area is 132 Å². The molecular formula is C18H26O4. The number of rotatable bonds is 3. The third-order valence-corrected chi connectivity index (χ3v) is 5.91. The van der Waals surface area contributed by atoms with Gasteiger partial charge in [0.2, 0.25) is 0 Å². The van der Waals surface area contributed by atoms with Crippen LogP contribution in [0.5, 0.6) is 0 Å². The maximum Gasteiger partial charge on any atom is 0.320 e. The highest BCUT2D eigenvalue weighted by Gasteiger charge is 2.63. The molecule has 2 aliphatic carbocycles. The van der Waals surface area contributed by atoms with Crippen molar-refractivity contribution in [1.29, 1.82) is 0 Å². The van der Waals surface area contributed by atoms with Crippen LogP contribution >= 0.6 is 0 Å². The number of allylic oxidation sites excluding steroid dienone is 1. The molecular weight excluding hydrogens is 280 g/mol. The minimum absolute atomic E-state index is 0.0306. The molecule has 122 valence electrons. The molecule has 4 atom stereocenters. The van der Waals surface area contributed by atoms with Gasteiger partial charge in [0.15, 0.2) is 0 Å². The summed E-state index contributed by atoms with van der Waals surface area (Å²) in [4.78, 5) is 37.9. The van der Waals surface area contributed by atoms with Crippen LogP contribution in [0.3, 0.4) is 0 Å². The van der Waals surface area contributed by atoms with Crippen LogP contribution in [0, 0.1) is 28.6 Å². The van der Waals surface area contributed by atoms with E-state index >= 15 is 0 Å². The fourth-order valence-corrected chi connectivity index (χ4v) is 4.62. The van der Waals surface area contributed by atoms with Crippen molar-refractivity contribution < 1.29 is 19.1 Å². The highest BCUT2D eigenvalue weighted by atomic mass is 16.5. The summed E-state index contributed by atoms with van der Waals surface area (Å²) in [6, 6.07) is 0. The molecule has 2 saturated carbocycles. The molecule has 0 radical (unpaired) electrons. The lowest BCUT2D eigenvalue weighted by atomic mass is 9.46. The molecule has 0 aromatic heterocycles. The van der Waals surface area contributed by atoms with Crippen LogP contribution in [0.1, 0.15) is 47.5 Å². The summed E-state index contributed by atoms with van der Waals surface area (Å²) in [5.41, 5.74) is -0.899. The second kappa shape index (κ2) is 5.32. The van der Waals surface area contributed by atoms with Gasteiger partial charge in [0.1, 0.15) is 17.0 Å². The zero-order valence-corrected chi connectivity index (χ0v) is 14.2. The van der Waals surface area contributed by atoms with E-state index in [0.29, 0.717) is 12.8 Å². The van der Waals surface area contributed by atoms with Crippen molar-refractivity contribution in [3.05, 3.63) is 12.2 Å². The van der Waals surface area contributed by atoms with E-state index in [-0.39, 0.29) is 35.9 Å². The van der Waals surface area contributed by atoms with Gasteiger partial charge < -0.3 is 4.74 Å². The molecule has 2 fully saturated rings. The maximum absolute atomic E-state index is 12.8. The molecule has 0 amide bonds. The minimum atomic E-state index is -1.24. The normalized spacial score (nSPS) is 36.9. The quantitative estimate of drug-likeness (QED) is 0.457. The summed E-state index contributed by atoms with van der Waals surface area (Å²) < 4.78 is 5.21. The zero-order chi connectivity index (χ0) is 16.9. The zero-order valence-electron chi connectivity index (χ0n) is 14.2. The Bertz CT molecular complexity index is 545. The second-order valence-corrected chi connectivity index (χ2v) is 7.35. The SMILES string of the molecule is C=C1C[C@@](C(C)=O)(C(=O)OCC)[C@H]2C[C@@H]1C(C)(C)C(=O)[C@H]2C. The van der Waals surface area contributed by atoms with Crippen molar-refractivity contribution in [2.24, 2.45) is 28.6 Å². The first kappa shape index (κ1) is 16.9. The number of fused-ring (bicyclic) bond motifs is 2. The molecule has 0 unspecified atom stereocenters. The number of carbonyl (C=O) groups excluding carboxylic acids is 3. The number of hydrogen-bond acceptors (Lipinski definition) is 4.